The van der Waals surface area contributed by atoms with E-state index in [-0.39, 0.29) is 11.5 Å². The van der Waals surface area contributed by atoms with Crippen LogP contribution in [-0.2, 0) is 0 Å². The summed E-state index contributed by atoms with van der Waals surface area (Å²) < 4.78 is 5.49. The smallest absolute Gasteiger partial charge is 0.166 e. The molecule has 94 valence electrons. The molecule has 1 aromatic carbocycles. The molecule has 0 aromatic heterocycles. The van der Waals surface area contributed by atoms with Gasteiger partial charge in [0.25, 0.3) is 0 Å². The third-order valence-electron chi connectivity index (χ3n) is 2.61. The lowest BCUT2D eigenvalue weighted by atomic mass is 10.1. The van der Waals surface area contributed by atoms with Crippen LogP contribution in [0.3, 0.4) is 0 Å². The number of rotatable bonds is 7. The molecule has 0 saturated heterocycles. The van der Waals surface area contributed by atoms with E-state index in [1.54, 1.807) is 19.1 Å². The molecule has 0 aliphatic rings. The number of benzene rings is 1. The molecule has 0 fully saturated rings. The van der Waals surface area contributed by atoms with Crippen LogP contribution in [0.25, 0.3) is 0 Å². The lowest BCUT2D eigenvalue weighted by molar-refractivity contribution is 0.0985. The predicted octanol–water partition coefficient (Wildman–Crippen LogP) is 3.55. The third-order valence-corrected chi connectivity index (χ3v) is 2.61. The molecule has 1 aromatic rings. The zero-order valence-electron chi connectivity index (χ0n) is 10.5. The van der Waals surface area contributed by atoms with Crippen molar-refractivity contribution in [2.24, 2.45) is 0 Å². The molecular formula is C14H20O3. The van der Waals surface area contributed by atoms with Gasteiger partial charge in [-0.3, -0.25) is 4.79 Å². The second kappa shape index (κ2) is 6.94. The zero-order valence-corrected chi connectivity index (χ0v) is 10.5. The number of carbonyl (C=O) groups excluding carboxylic acids is 1. The van der Waals surface area contributed by atoms with Crippen LogP contribution in [0.4, 0.5) is 0 Å². The van der Waals surface area contributed by atoms with Gasteiger partial charge in [-0.25, -0.2) is 0 Å². The molecule has 0 saturated carbocycles. The molecular weight excluding hydrogens is 216 g/mol. The summed E-state index contributed by atoms with van der Waals surface area (Å²) in [7, 11) is 0. The van der Waals surface area contributed by atoms with E-state index in [4.69, 9.17) is 4.74 Å². The minimum absolute atomic E-state index is 0.00448. The maximum Gasteiger partial charge on any atom is 0.166 e. The van der Waals surface area contributed by atoms with E-state index < -0.39 is 0 Å². The largest absolute Gasteiger partial charge is 0.507 e. The number of unbranched alkanes of at least 4 members (excludes halogenated alkanes) is 2. The molecule has 3 nitrogen and oxygen atoms in total. The fourth-order valence-corrected chi connectivity index (χ4v) is 1.57. The number of Topliss-reactive ketones (excluding diaryl/α,β-unsaturated/α-hetero) is 1. The van der Waals surface area contributed by atoms with Crippen molar-refractivity contribution < 1.29 is 14.6 Å². The highest BCUT2D eigenvalue weighted by molar-refractivity contribution is 5.98. The Bertz CT molecular complexity index is 372. The molecule has 1 rings (SSSR count). The van der Waals surface area contributed by atoms with Crippen LogP contribution in [0.5, 0.6) is 11.5 Å². The molecule has 0 atom stereocenters. The zero-order chi connectivity index (χ0) is 12.7. The Labute approximate surface area is 102 Å². The maximum atomic E-state index is 11.4. The van der Waals surface area contributed by atoms with Gasteiger partial charge in [-0.2, -0.15) is 0 Å². The number of aromatic hydroxyl groups is 1. The number of hydrogen-bond donors (Lipinski definition) is 1. The first kappa shape index (κ1) is 13.6. The normalized spacial score (nSPS) is 10.2. The van der Waals surface area contributed by atoms with Crippen molar-refractivity contribution in [1.29, 1.82) is 0 Å². The lowest BCUT2D eigenvalue weighted by Crippen LogP contribution is -2.00. The summed E-state index contributed by atoms with van der Waals surface area (Å²) in [5, 5.41) is 9.69. The third kappa shape index (κ3) is 4.10. The first-order chi connectivity index (χ1) is 8.19. The summed E-state index contributed by atoms with van der Waals surface area (Å²) >= 11 is 0. The van der Waals surface area contributed by atoms with Crippen LogP contribution >= 0.6 is 0 Å². The van der Waals surface area contributed by atoms with Crippen molar-refractivity contribution in [3.63, 3.8) is 0 Å². The quantitative estimate of drug-likeness (QED) is 0.581. The summed E-state index contributed by atoms with van der Waals surface area (Å²) in [6.07, 6.45) is 3.69. The number of ketones is 1. The monoisotopic (exact) mass is 236 g/mol. The minimum atomic E-state index is -0.0555. The van der Waals surface area contributed by atoms with Gasteiger partial charge in [0.05, 0.1) is 12.2 Å². The summed E-state index contributed by atoms with van der Waals surface area (Å²) in [6.45, 7) is 4.56. The van der Waals surface area contributed by atoms with E-state index in [0.717, 1.165) is 19.3 Å². The minimum Gasteiger partial charge on any atom is -0.507 e. The van der Waals surface area contributed by atoms with Crippen LogP contribution in [0.15, 0.2) is 18.2 Å². The van der Waals surface area contributed by atoms with Crippen molar-refractivity contribution in [1.82, 2.24) is 0 Å². The molecule has 0 aliphatic heterocycles. The highest BCUT2D eigenvalue weighted by Gasteiger charge is 2.09. The molecule has 0 heterocycles. The van der Waals surface area contributed by atoms with Gasteiger partial charge in [0.2, 0.25) is 0 Å². The average Bonchev–Trinajstić information content (AvgIpc) is 2.34. The number of phenols is 1. The first-order valence-corrected chi connectivity index (χ1v) is 6.18. The van der Waals surface area contributed by atoms with E-state index in [9.17, 15) is 9.90 Å². The van der Waals surface area contributed by atoms with Crippen molar-refractivity contribution in [3.8, 4) is 11.5 Å². The fourth-order valence-electron chi connectivity index (χ4n) is 1.57. The molecule has 0 spiro atoms. The van der Waals surface area contributed by atoms with Gasteiger partial charge in [-0.1, -0.05) is 26.7 Å². The molecule has 3 heteroatoms. The summed E-state index contributed by atoms with van der Waals surface area (Å²) in [5.41, 5.74) is 0.369. The van der Waals surface area contributed by atoms with E-state index in [1.807, 2.05) is 0 Å². The Kier molecular flexibility index (Phi) is 5.53. The number of carbonyl (C=O) groups is 1. The Balaban J connectivity index is 2.59. The Morgan fingerprint density at radius 1 is 1.29 bits per heavy atom. The van der Waals surface area contributed by atoms with Gasteiger partial charge < -0.3 is 9.84 Å². The topological polar surface area (TPSA) is 46.5 Å². The van der Waals surface area contributed by atoms with Gasteiger partial charge in [-0.05, 0) is 18.6 Å². The highest BCUT2D eigenvalue weighted by atomic mass is 16.5. The number of hydrogen-bond acceptors (Lipinski definition) is 3. The Morgan fingerprint density at radius 2 is 2.06 bits per heavy atom. The number of phenolic OH excluding ortho intramolecular Hbond substituents is 1. The van der Waals surface area contributed by atoms with Gasteiger partial charge in [0.1, 0.15) is 11.5 Å². The Hall–Kier alpha value is -1.51. The summed E-state index contributed by atoms with van der Waals surface area (Å²) in [5.74, 6) is 0.566. The first-order valence-electron chi connectivity index (χ1n) is 6.18. The SMILES string of the molecule is CCCCCOc1ccc(C(=O)CC)c(O)c1. The second-order valence-corrected chi connectivity index (χ2v) is 4.01. The molecule has 0 unspecified atom stereocenters. The van der Waals surface area contributed by atoms with Gasteiger partial charge in [0.15, 0.2) is 5.78 Å². The molecule has 0 amide bonds. The van der Waals surface area contributed by atoms with Crippen LogP contribution in [0.1, 0.15) is 49.9 Å². The molecule has 1 N–H and O–H groups in total. The van der Waals surface area contributed by atoms with Gasteiger partial charge in [-0.15, -0.1) is 0 Å². The van der Waals surface area contributed by atoms with Crippen LogP contribution in [0.2, 0.25) is 0 Å². The highest BCUT2D eigenvalue weighted by Crippen LogP contribution is 2.24. The molecule has 0 bridgehead atoms. The summed E-state index contributed by atoms with van der Waals surface area (Å²) in [6, 6.07) is 4.86. The van der Waals surface area contributed by atoms with E-state index in [2.05, 4.69) is 6.92 Å². The van der Waals surface area contributed by atoms with E-state index in [0.29, 0.717) is 24.3 Å². The predicted molar refractivity (Wildman–Crippen MR) is 67.7 cm³/mol. The van der Waals surface area contributed by atoms with Crippen molar-refractivity contribution >= 4 is 5.78 Å². The van der Waals surface area contributed by atoms with Crippen LogP contribution in [-0.4, -0.2) is 17.5 Å². The van der Waals surface area contributed by atoms with Crippen molar-refractivity contribution in [2.45, 2.75) is 39.5 Å². The molecule has 0 aliphatic carbocycles. The lowest BCUT2D eigenvalue weighted by Gasteiger charge is -2.08. The van der Waals surface area contributed by atoms with Gasteiger partial charge >= 0.3 is 0 Å². The molecule has 0 radical (unpaired) electrons. The van der Waals surface area contributed by atoms with Crippen LogP contribution < -0.4 is 4.74 Å². The molecule has 17 heavy (non-hydrogen) atoms. The standard InChI is InChI=1S/C14H20O3/c1-3-5-6-9-17-11-7-8-12(13(15)4-2)14(16)10-11/h7-8,10,16H,3-6,9H2,1-2H3. The Morgan fingerprint density at radius 3 is 2.65 bits per heavy atom. The van der Waals surface area contributed by atoms with Crippen LogP contribution in [0, 0.1) is 0 Å². The maximum absolute atomic E-state index is 11.4. The fraction of sp³-hybridized carbons (Fsp3) is 0.500. The second-order valence-electron chi connectivity index (χ2n) is 4.01. The average molecular weight is 236 g/mol. The summed E-state index contributed by atoms with van der Waals surface area (Å²) in [4.78, 5) is 11.4. The van der Waals surface area contributed by atoms with E-state index in [1.165, 1.54) is 6.07 Å². The number of ether oxygens (including phenoxy) is 1. The van der Waals surface area contributed by atoms with Gasteiger partial charge in [0, 0.05) is 12.5 Å². The van der Waals surface area contributed by atoms with E-state index >= 15 is 0 Å². The van der Waals surface area contributed by atoms with Crippen molar-refractivity contribution in [3.05, 3.63) is 23.8 Å². The van der Waals surface area contributed by atoms with Crippen molar-refractivity contribution in [2.75, 3.05) is 6.61 Å².